The summed E-state index contributed by atoms with van der Waals surface area (Å²) in [5.41, 5.74) is 0.930. The minimum absolute atomic E-state index is 0.125. The molecule has 0 amide bonds. The third-order valence-corrected chi connectivity index (χ3v) is 2.37. The lowest BCUT2D eigenvalue weighted by Crippen LogP contribution is -1.86. The van der Waals surface area contributed by atoms with Crippen molar-refractivity contribution in [3.63, 3.8) is 0 Å². The van der Waals surface area contributed by atoms with Crippen molar-refractivity contribution in [2.45, 2.75) is 46.0 Å². The molecular weight excluding hydrogens is 232 g/mol. The van der Waals surface area contributed by atoms with Gasteiger partial charge in [-0.25, -0.2) is 0 Å². The fourth-order valence-corrected chi connectivity index (χ4v) is 1.51. The van der Waals surface area contributed by atoms with Crippen molar-refractivity contribution < 1.29 is 20.1 Å². The molecular formula is C14H22O4. The van der Waals surface area contributed by atoms with Crippen molar-refractivity contribution in [2.24, 2.45) is 0 Å². The number of aromatic hydroxyl groups is 2. The molecule has 0 saturated heterocycles. The van der Waals surface area contributed by atoms with Crippen molar-refractivity contribution in [3.05, 3.63) is 23.8 Å². The molecule has 4 heteroatoms. The highest BCUT2D eigenvalue weighted by Gasteiger charge is 2.01. The Hall–Kier alpha value is -1.71. The fraction of sp³-hybridized carbons (Fsp3) is 0.500. The molecule has 0 spiro atoms. The molecule has 0 aliphatic rings. The van der Waals surface area contributed by atoms with Gasteiger partial charge in [0, 0.05) is 13.0 Å². The Morgan fingerprint density at radius 2 is 1.78 bits per heavy atom. The number of benzene rings is 1. The summed E-state index contributed by atoms with van der Waals surface area (Å²) in [5, 5.41) is 26.0. The predicted octanol–water partition coefficient (Wildman–Crippen LogP) is 3.31. The van der Waals surface area contributed by atoms with Gasteiger partial charge in [0.05, 0.1) is 0 Å². The van der Waals surface area contributed by atoms with Gasteiger partial charge < -0.3 is 15.3 Å². The Morgan fingerprint density at radius 3 is 2.28 bits per heavy atom. The van der Waals surface area contributed by atoms with Crippen LogP contribution in [0.2, 0.25) is 0 Å². The third kappa shape index (κ3) is 8.44. The van der Waals surface area contributed by atoms with E-state index in [-0.39, 0.29) is 11.5 Å². The molecule has 0 aromatic heterocycles. The number of rotatable bonds is 5. The van der Waals surface area contributed by atoms with Crippen LogP contribution in [0.15, 0.2) is 18.2 Å². The fourth-order valence-electron chi connectivity index (χ4n) is 1.51. The number of hydrogen-bond donors (Lipinski definition) is 3. The second kappa shape index (κ2) is 9.33. The van der Waals surface area contributed by atoms with Gasteiger partial charge in [-0.05, 0) is 24.5 Å². The highest BCUT2D eigenvalue weighted by atomic mass is 16.4. The molecule has 18 heavy (non-hydrogen) atoms. The molecule has 1 aromatic rings. The van der Waals surface area contributed by atoms with Crippen LogP contribution in [-0.2, 0) is 11.2 Å². The zero-order valence-corrected chi connectivity index (χ0v) is 11.0. The highest BCUT2D eigenvalue weighted by Crippen LogP contribution is 2.24. The van der Waals surface area contributed by atoms with E-state index in [1.54, 1.807) is 12.1 Å². The average Bonchev–Trinajstić information content (AvgIpc) is 2.26. The van der Waals surface area contributed by atoms with Crippen molar-refractivity contribution >= 4 is 5.97 Å². The van der Waals surface area contributed by atoms with Crippen LogP contribution in [0, 0.1) is 0 Å². The molecule has 0 heterocycles. The van der Waals surface area contributed by atoms with Gasteiger partial charge in [-0.2, -0.15) is 0 Å². The summed E-state index contributed by atoms with van der Waals surface area (Å²) in [6.45, 7) is 3.26. The Balaban J connectivity index is 0.000000631. The number of unbranched alkanes of at least 4 members (excludes halogenated alkanes) is 3. The van der Waals surface area contributed by atoms with Gasteiger partial charge in [-0.1, -0.05) is 32.3 Å². The lowest BCUT2D eigenvalue weighted by molar-refractivity contribution is -0.134. The first-order valence-electron chi connectivity index (χ1n) is 6.17. The van der Waals surface area contributed by atoms with Gasteiger partial charge in [0.2, 0.25) is 0 Å². The predicted molar refractivity (Wildman–Crippen MR) is 70.9 cm³/mol. The van der Waals surface area contributed by atoms with Crippen molar-refractivity contribution in [3.8, 4) is 11.5 Å². The summed E-state index contributed by atoms with van der Waals surface area (Å²) >= 11 is 0. The number of carboxylic acid groups (broad SMARTS) is 1. The Kier molecular flexibility index (Phi) is 8.45. The van der Waals surface area contributed by atoms with Crippen LogP contribution in [0.5, 0.6) is 11.5 Å². The maximum atomic E-state index is 9.49. The first-order valence-corrected chi connectivity index (χ1v) is 6.17. The van der Waals surface area contributed by atoms with E-state index in [9.17, 15) is 5.11 Å². The topological polar surface area (TPSA) is 77.8 Å². The third-order valence-electron chi connectivity index (χ3n) is 2.37. The van der Waals surface area contributed by atoms with E-state index in [0.717, 1.165) is 25.3 Å². The summed E-state index contributed by atoms with van der Waals surface area (Å²) in [4.78, 5) is 9.00. The number of phenolic OH excluding ortho intramolecular Hbond substituents is 2. The highest BCUT2D eigenvalue weighted by molar-refractivity contribution is 5.62. The summed E-state index contributed by atoms with van der Waals surface area (Å²) < 4.78 is 0. The zero-order valence-electron chi connectivity index (χ0n) is 11.0. The van der Waals surface area contributed by atoms with Crippen molar-refractivity contribution in [2.75, 3.05) is 0 Å². The minimum Gasteiger partial charge on any atom is -0.508 e. The van der Waals surface area contributed by atoms with Gasteiger partial charge in [-0.15, -0.1) is 0 Å². The van der Waals surface area contributed by atoms with E-state index >= 15 is 0 Å². The largest absolute Gasteiger partial charge is 0.508 e. The van der Waals surface area contributed by atoms with Crippen LogP contribution in [-0.4, -0.2) is 21.3 Å². The summed E-state index contributed by atoms with van der Waals surface area (Å²) in [7, 11) is 0. The van der Waals surface area contributed by atoms with E-state index in [1.165, 1.54) is 25.3 Å². The number of aryl methyl sites for hydroxylation is 1. The van der Waals surface area contributed by atoms with E-state index in [4.69, 9.17) is 15.0 Å². The van der Waals surface area contributed by atoms with E-state index in [2.05, 4.69) is 6.92 Å². The van der Waals surface area contributed by atoms with Crippen LogP contribution in [0.25, 0.3) is 0 Å². The maximum absolute atomic E-state index is 9.49. The van der Waals surface area contributed by atoms with Crippen molar-refractivity contribution in [1.29, 1.82) is 0 Å². The van der Waals surface area contributed by atoms with Gasteiger partial charge >= 0.3 is 0 Å². The molecule has 0 aliphatic carbocycles. The van der Waals surface area contributed by atoms with Crippen LogP contribution < -0.4 is 0 Å². The Labute approximate surface area is 108 Å². The SMILES string of the molecule is CC(=O)O.CCCCCCc1ccc(O)cc1O. The molecule has 3 N–H and O–H groups in total. The quantitative estimate of drug-likeness (QED) is 0.704. The lowest BCUT2D eigenvalue weighted by Gasteiger charge is -2.04. The molecule has 0 unspecified atom stereocenters. The smallest absolute Gasteiger partial charge is 0.300 e. The summed E-state index contributed by atoms with van der Waals surface area (Å²) in [6, 6.07) is 4.81. The number of phenols is 2. The molecule has 0 aliphatic heterocycles. The summed E-state index contributed by atoms with van der Waals surface area (Å²) in [6.07, 6.45) is 5.68. The normalized spacial score (nSPS) is 9.44. The summed E-state index contributed by atoms with van der Waals surface area (Å²) in [5.74, 6) is -0.499. The standard InChI is InChI=1S/C12H18O2.C2H4O2/c1-2-3-4-5-6-10-7-8-11(13)9-12(10)14;1-2(3)4/h7-9,13-14H,2-6H2,1H3;1H3,(H,3,4). The molecule has 1 aromatic carbocycles. The van der Waals surface area contributed by atoms with Crippen LogP contribution >= 0.6 is 0 Å². The van der Waals surface area contributed by atoms with Crippen LogP contribution in [0.1, 0.15) is 45.1 Å². The number of carbonyl (C=O) groups is 1. The Bertz CT molecular complexity index is 357. The van der Waals surface area contributed by atoms with Gasteiger partial charge in [0.1, 0.15) is 11.5 Å². The van der Waals surface area contributed by atoms with Gasteiger partial charge in [0.25, 0.3) is 5.97 Å². The zero-order chi connectivity index (χ0) is 14.0. The number of carboxylic acids is 1. The lowest BCUT2D eigenvalue weighted by atomic mass is 10.1. The molecule has 0 saturated carbocycles. The van der Waals surface area contributed by atoms with Gasteiger partial charge in [0.15, 0.2) is 0 Å². The molecule has 0 atom stereocenters. The van der Waals surface area contributed by atoms with Gasteiger partial charge in [-0.3, -0.25) is 4.79 Å². The second-order valence-electron chi connectivity index (χ2n) is 4.14. The Morgan fingerprint density at radius 1 is 1.17 bits per heavy atom. The molecule has 4 nitrogen and oxygen atoms in total. The minimum atomic E-state index is -0.833. The second-order valence-corrected chi connectivity index (χ2v) is 4.14. The monoisotopic (exact) mass is 254 g/mol. The molecule has 0 radical (unpaired) electrons. The molecule has 0 fully saturated rings. The van der Waals surface area contributed by atoms with Crippen LogP contribution in [0.3, 0.4) is 0 Å². The number of hydrogen-bond acceptors (Lipinski definition) is 3. The van der Waals surface area contributed by atoms with Crippen molar-refractivity contribution in [1.82, 2.24) is 0 Å². The van der Waals surface area contributed by atoms with E-state index in [0.29, 0.717) is 0 Å². The first kappa shape index (κ1) is 16.3. The van der Waals surface area contributed by atoms with E-state index in [1.807, 2.05) is 0 Å². The average molecular weight is 254 g/mol. The van der Waals surface area contributed by atoms with Crippen LogP contribution in [0.4, 0.5) is 0 Å². The maximum Gasteiger partial charge on any atom is 0.300 e. The molecule has 0 bridgehead atoms. The van der Waals surface area contributed by atoms with E-state index < -0.39 is 5.97 Å². The first-order chi connectivity index (χ1) is 8.47. The molecule has 1 rings (SSSR count). The number of aliphatic carboxylic acids is 1. The molecule has 102 valence electrons.